The summed E-state index contributed by atoms with van der Waals surface area (Å²) in [5.74, 6) is -0.504. The van der Waals surface area contributed by atoms with E-state index in [2.05, 4.69) is 10.2 Å². The van der Waals surface area contributed by atoms with Gasteiger partial charge in [0.05, 0.1) is 11.1 Å². The number of hydrogen-bond donors (Lipinski definition) is 1. The maximum Gasteiger partial charge on any atom is 0.261 e. The van der Waals surface area contributed by atoms with Crippen LogP contribution in [-0.2, 0) is 6.42 Å². The quantitative estimate of drug-likeness (QED) is 0.842. The highest BCUT2D eigenvalue weighted by molar-refractivity contribution is 7.15. The number of carbonyl (C=O) groups is 2. The second kappa shape index (κ2) is 4.43. The minimum atomic E-state index is -0.252. The standard InChI is InChI=1S/C12H10N4O2S/c13-12-15-14-9(19-12)5-6-16-10(17)7-3-1-2-4-8(7)11(16)18/h1-4H,5-6H2,(H2,13,15). The predicted molar refractivity (Wildman–Crippen MR) is 69.8 cm³/mol. The van der Waals surface area contributed by atoms with Crippen molar-refractivity contribution in [2.24, 2.45) is 0 Å². The Bertz CT molecular complexity index is 632. The molecule has 2 N–H and O–H groups in total. The van der Waals surface area contributed by atoms with E-state index in [0.29, 0.717) is 34.2 Å². The van der Waals surface area contributed by atoms with E-state index in [1.807, 2.05) is 0 Å². The second-order valence-corrected chi connectivity index (χ2v) is 5.19. The third kappa shape index (κ3) is 1.97. The zero-order chi connectivity index (χ0) is 13.4. The van der Waals surface area contributed by atoms with Gasteiger partial charge in [0.15, 0.2) is 0 Å². The smallest absolute Gasteiger partial charge is 0.261 e. The molecule has 0 saturated carbocycles. The van der Waals surface area contributed by atoms with Crippen molar-refractivity contribution in [3.8, 4) is 0 Å². The maximum atomic E-state index is 12.1. The molecular weight excluding hydrogens is 264 g/mol. The number of carbonyl (C=O) groups excluding carboxylic acids is 2. The molecule has 0 aliphatic carbocycles. The van der Waals surface area contributed by atoms with E-state index in [9.17, 15) is 9.59 Å². The van der Waals surface area contributed by atoms with Crippen molar-refractivity contribution in [1.82, 2.24) is 15.1 Å². The van der Waals surface area contributed by atoms with Gasteiger partial charge in [0.2, 0.25) is 5.13 Å². The minimum absolute atomic E-state index is 0.252. The van der Waals surface area contributed by atoms with Crippen LogP contribution in [0.15, 0.2) is 24.3 Å². The first kappa shape index (κ1) is 11.8. The number of hydrogen-bond acceptors (Lipinski definition) is 6. The fourth-order valence-electron chi connectivity index (χ4n) is 2.02. The molecule has 1 aliphatic heterocycles. The topological polar surface area (TPSA) is 89.2 Å². The molecule has 1 aromatic carbocycles. The van der Waals surface area contributed by atoms with E-state index >= 15 is 0 Å². The minimum Gasteiger partial charge on any atom is -0.374 e. The molecule has 7 heteroatoms. The lowest BCUT2D eigenvalue weighted by Gasteiger charge is -2.11. The highest BCUT2D eigenvalue weighted by Gasteiger charge is 2.34. The number of benzene rings is 1. The summed E-state index contributed by atoms with van der Waals surface area (Å²) in [5.41, 5.74) is 6.41. The molecule has 6 nitrogen and oxygen atoms in total. The van der Waals surface area contributed by atoms with Crippen LogP contribution in [0.5, 0.6) is 0 Å². The molecule has 0 spiro atoms. The number of nitrogen functional groups attached to an aromatic ring is 1. The normalized spacial score (nSPS) is 14.0. The van der Waals surface area contributed by atoms with Crippen LogP contribution in [0.4, 0.5) is 5.13 Å². The fourth-order valence-corrected chi connectivity index (χ4v) is 2.62. The third-order valence-electron chi connectivity index (χ3n) is 2.91. The van der Waals surface area contributed by atoms with Crippen molar-refractivity contribution in [3.63, 3.8) is 0 Å². The number of nitrogens with two attached hydrogens (primary N) is 1. The molecule has 0 fully saturated rings. The zero-order valence-electron chi connectivity index (χ0n) is 9.87. The van der Waals surface area contributed by atoms with Crippen molar-refractivity contribution < 1.29 is 9.59 Å². The summed E-state index contributed by atoms with van der Waals surface area (Å²) in [7, 11) is 0. The molecule has 0 radical (unpaired) electrons. The van der Waals surface area contributed by atoms with Crippen LogP contribution in [0.3, 0.4) is 0 Å². The molecular formula is C12H10N4O2S. The Morgan fingerprint density at radius 3 is 2.26 bits per heavy atom. The fraction of sp³-hybridized carbons (Fsp3) is 0.167. The second-order valence-electron chi connectivity index (χ2n) is 4.09. The van der Waals surface area contributed by atoms with E-state index in [1.165, 1.54) is 16.2 Å². The molecule has 0 bridgehead atoms. The largest absolute Gasteiger partial charge is 0.374 e. The average Bonchev–Trinajstić information content (AvgIpc) is 2.93. The van der Waals surface area contributed by atoms with Gasteiger partial charge in [-0.2, -0.15) is 0 Å². The van der Waals surface area contributed by atoms with Crippen LogP contribution < -0.4 is 5.73 Å². The number of nitrogens with zero attached hydrogens (tertiary/aromatic N) is 3. The monoisotopic (exact) mass is 274 g/mol. The van der Waals surface area contributed by atoms with Gasteiger partial charge in [0.1, 0.15) is 5.01 Å². The first-order chi connectivity index (χ1) is 9.16. The van der Waals surface area contributed by atoms with E-state index in [4.69, 9.17) is 5.73 Å². The predicted octanol–water partition coefficient (Wildman–Crippen LogP) is 0.959. The Labute approximate surface area is 112 Å². The summed E-state index contributed by atoms with van der Waals surface area (Å²) in [6.45, 7) is 0.293. The SMILES string of the molecule is Nc1nnc(CCN2C(=O)c3ccccc3C2=O)s1. The third-order valence-corrected chi connectivity index (χ3v) is 3.72. The van der Waals surface area contributed by atoms with Crippen LogP contribution in [0.25, 0.3) is 0 Å². The summed E-state index contributed by atoms with van der Waals surface area (Å²) in [6, 6.07) is 6.83. The zero-order valence-corrected chi connectivity index (χ0v) is 10.7. The average molecular weight is 274 g/mol. The number of anilines is 1. The molecule has 1 aliphatic rings. The molecule has 0 unspecified atom stereocenters. The van der Waals surface area contributed by atoms with Gasteiger partial charge in [0, 0.05) is 13.0 Å². The number of imide groups is 1. The van der Waals surface area contributed by atoms with Crippen molar-refractivity contribution in [1.29, 1.82) is 0 Å². The summed E-state index contributed by atoms with van der Waals surface area (Å²) >= 11 is 1.26. The van der Waals surface area contributed by atoms with Crippen LogP contribution in [0.1, 0.15) is 25.7 Å². The number of rotatable bonds is 3. The molecule has 0 atom stereocenters. The molecule has 2 heterocycles. The molecule has 96 valence electrons. The van der Waals surface area contributed by atoms with E-state index in [0.717, 1.165) is 0 Å². The number of fused-ring (bicyclic) bond motifs is 1. The molecule has 0 saturated heterocycles. The van der Waals surface area contributed by atoms with E-state index in [-0.39, 0.29) is 11.8 Å². The van der Waals surface area contributed by atoms with Gasteiger partial charge < -0.3 is 5.73 Å². The highest BCUT2D eigenvalue weighted by Crippen LogP contribution is 2.23. The van der Waals surface area contributed by atoms with Gasteiger partial charge in [-0.05, 0) is 12.1 Å². The molecule has 2 aromatic rings. The Morgan fingerprint density at radius 2 is 1.74 bits per heavy atom. The number of amides is 2. The lowest BCUT2D eigenvalue weighted by atomic mass is 10.1. The summed E-state index contributed by atoms with van der Waals surface area (Å²) in [6.07, 6.45) is 0.473. The summed E-state index contributed by atoms with van der Waals surface area (Å²) in [4.78, 5) is 25.4. The first-order valence-electron chi connectivity index (χ1n) is 5.70. The Morgan fingerprint density at radius 1 is 1.11 bits per heavy atom. The molecule has 19 heavy (non-hydrogen) atoms. The van der Waals surface area contributed by atoms with Gasteiger partial charge in [-0.15, -0.1) is 10.2 Å². The Hall–Kier alpha value is -2.28. The lowest BCUT2D eigenvalue weighted by Crippen LogP contribution is -2.31. The van der Waals surface area contributed by atoms with Crippen molar-refractivity contribution in [3.05, 3.63) is 40.4 Å². The van der Waals surface area contributed by atoms with Crippen molar-refractivity contribution >= 4 is 28.3 Å². The first-order valence-corrected chi connectivity index (χ1v) is 6.51. The van der Waals surface area contributed by atoms with Gasteiger partial charge >= 0.3 is 0 Å². The lowest BCUT2D eigenvalue weighted by molar-refractivity contribution is 0.0656. The molecule has 3 rings (SSSR count). The van der Waals surface area contributed by atoms with Crippen LogP contribution >= 0.6 is 11.3 Å². The Kier molecular flexibility index (Phi) is 2.75. The number of aromatic nitrogens is 2. The summed E-state index contributed by atoms with van der Waals surface area (Å²) < 4.78 is 0. The van der Waals surface area contributed by atoms with Crippen molar-refractivity contribution in [2.75, 3.05) is 12.3 Å². The molecule has 1 aromatic heterocycles. The summed E-state index contributed by atoms with van der Waals surface area (Å²) in [5, 5.41) is 8.67. The Balaban J connectivity index is 1.77. The van der Waals surface area contributed by atoms with Crippen molar-refractivity contribution in [2.45, 2.75) is 6.42 Å². The van der Waals surface area contributed by atoms with Crippen LogP contribution in [0, 0.1) is 0 Å². The molecule has 2 amide bonds. The van der Waals surface area contributed by atoms with Crippen LogP contribution in [-0.4, -0.2) is 33.5 Å². The van der Waals surface area contributed by atoms with Gasteiger partial charge in [-0.3, -0.25) is 14.5 Å². The van der Waals surface area contributed by atoms with Gasteiger partial charge in [-0.1, -0.05) is 23.5 Å². The van der Waals surface area contributed by atoms with E-state index in [1.54, 1.807) is 24.3 Å². The maximum absolute atomic E-state index is 12.1. The van der Waals surface area contributed by atoms with E-state index < -0.39 is 0 Å². The van der Waals surface area contributed by atoms with Gasteiger partial charge in [-0.25, -0.2) is 0 Å². The van der Waals surface area contributed by atoms with Gasteiger partial charge in [0.25, 0.3) is 11.8 Å². The highest BCUT2D eigenvalue weighted by atomic mass is 32.1. The van der Waals surface area contributed by atoms with Crippen LogP contribution in [0.2, 0.25) is 0 Å².